The van der Waals surface area contributed by atoms with Crippen LogP contribution in [0.3, 0.4) is 0 Å². The molecule has 0 aliphatic heterocycles. The Labute approximate surface area is 158 Å². The van der Waals surface area contributed by atoms with E-state index in [0.717, 1.165) is 22.7 Å². The summed E-state index contributed by atoms with van der Waals surface area (Å²) in [5.41, 5.74) is 3.20. The molecule has 0 atom stereocenters. The number of fused-ring (bicyclic) bond motifs is 1. The zero-order valence-corrected chi connectivity index (χ0v) is 16.3. The van der Waals surface area contributed by atoms with Crippen molar-refractivity contribution in [2.45, 2.75) is 38.1 Å². The molecule has 2 heterocycles. The van der Waals surface area contributed by atoms with Gasteiger partial charge in [-0.15, -0.1) is 11.3 Å². The van der Waals surface area contributed by atoms with E-state index in [-0.39, 0.29) is 0 Å². The Balaban J connectivity index is 1.51. The van der Waals surface area contributed by atoms with Crippen LogP contribution in [-0.2, 0) is 0 Å². The molecule has 6 heteroatoms. The van der Waals surface area contributed by atoms with E-state index in [1.54, 1.807) is 19.5 Å². The topological polar surface area (TPSA) is 51.1 Å². The van der Waals surface area contributed by atoms with Gasteiger partial charge in [0.05, 0.1) is 22.3 Å². The Morgan fingerprint density at radius 1 is 1.19 bits per heavy atom. The number of aromatic nitrogens is 3. The fraction of sp³-hybridized carbons (Fsp3) is 0.450. The summed E-state index contributed by atoms with van der Waals surface area (Å²) in [6.45, 7) is 3.43. The molecule has 2 aromatic heterocycles. The first-order chi connectivity index (χ1) is 12.7. The predicted molar refractivity (Wildman–Crippen MR) is 106 cm³/mol. The van der Waals surface area contributed by atoms with E-state index < -0.39 is 0 Å². The molecule has 0 amide bonds. The number of methoxy groups -OCH3 is 1. The van der Waals surface area contributed by atoms with Crippen LogP contribution in [0.15, 0.2) is 30.6 Å². The second-order valence-corrected chi connectivity index (χ2v) is 8.06. The van der Waals surface area contributed by atoms with Crippen LogP contribution in [-0.4, -0.2) is 46.6 Å². The highest BCUT2D eigenvalue weighted by Gasteiger charge is 2.34. The van der Waals surface area contributed by atoms with Gasteiger partial charge in [0.15, 0.2) is 0 Å². The maximum atomic E-state index is 5.03. The SMILES string of the molecule is CCCN(C)C1CC(c2nc3ccc(-c4cnc(OC)nc4)cc3s2)C1. The van der Waals surface area contributed by atoms with Crippen molar-refractivity contribution in [2.75, 3.05) is 20.7 Å². The zero-order chi connectivity index (χ0) is 18.1. The lowest BCUT2D eigenvalue weighted by molar-refractivity contribution is 0.137. The molecular formula is C20H24N4OS. The van der Waals surface area contributed by atoms with E-state index in [9.17, 15) is 0 Å². The molecule has 4 rings (SSSR count). The smallest absolute Gasteiger partial charge is 0.316 e. The molecule has 5 nitrogen and oxygen atoms in total. The van der Waals surface area contributed by atoms with E-state index in [0.29, 0.717) is 11.9 Å². The molecule has 26 heavy (non-hydrogen) atoms. The molecule has 0 N–H and O–H groups in total. The number of benzene rings is 1. The molecule has 0 spiro atoms. The van der Waals surface area contributed by atoms with Crippen LogP contribution in [0.1, 0.15) is 37.1 Å². The molecular weight excluding hydrogens is 344 g/mol. The van der Waals surface area contributed by atoms with Gasteiger partial charge in [-0.1, -0.05) is 13.0 Å². The van der Waals surface area contributed by atoms with E-state index in [2.05, 4.69) is 47.0 Å². The molecule has 0 saturated heterocycles. The maximum Gasteiger partial charge on any atom is 0.316 e. The van der Waals surface area contributed by atoms with Crippen molar-refractivity contribution in [3.63, 3.8) is 0 Å². The van der Waals surface area contributed by atoms with Gasteiger partial charge < -0.3 is 9.64 Å². The third-order valence-electron chi connectivity index (χ3n) is 5.21. The molecule has 1 aliphatic carbocycles. The first-order valence-corrected chi connectivity index (χ1v) is 9.96. The quantitative estimate of drug-likeness (QED) is 0.647. The van der Waals surface area contributed by atoms with Gasteiger partial charge in [0, 0.05) is 29.9 Å². The van der Waals surface area contributed by atoms with Crippen molar-refractivity contribution in [3.8, 4) is 17.1 Å². The number of rotatable bonds is 6. The third-order valence-corrected chi connectivity index (χ3v) is 6.39. The fourth-order valence-electron chi connectivity index (χ4n) is 3.55. The summed E-state index contributed by atoms with van der Waals surface area (Å²) in [4.78, 5) is 15.8. The van der Waals surface area contributed by atoms with Crippen LogP contribution < -0.4 is 4.74 Å². The van der Waals surface area contributed by atoms with Gasteiger partial charge in [0.25, 0.3) is 0 Å². The molecule has 1 aliphatic rings. The summed E-state index contributed by atoms with van der Waals surface area (Å²) >= 11 is 1.83. The lowest BCUT2D eigenvalue weighted by atomic mass is 9.80. The Kier molecular flexibility index (Phi) is 4.87. The number of hydrogen-bond acceptors (Lipinski definition) is 6. The first-order valence-electron chi connectivity index (χ1n) is 9.15. The van der Waals surface area contributed by atoms with Crippen molar-refractivity contribution < 1.29 is 4.74 Å². The monoisotopic (exact) mass is 368 g/mol. The van der Waals surface area contributed by atoms with E-state index in [4.69, 9.17) is 9.72 Å². The van der Waals surface area contributed by atoms with Gasteiger partial charge in [-0.25, -0.2) is 15.0 Å². The summed E-state index contributed by atoms with van der Waals surface area (Å²) in [7, 11) is 3.82. The summed E-state index contributed by atoms with van der Waals surface area (Å²) in [6.07, 6.45) is 7.28. The average molecular weight is 369 g/mol. The van der Waals surface area contributed by atoms with Crippen LogP contribution in [0.25, 0.3) is 21.3 Å². The number of thiazole rings is 1. The van der Waals surface area contributed by atoms with Crippen molar-refractivity contribution in [1.82, 2.24) is 19.9 Å². The number of ether oxygens (including phenoxy) is 1. The Hall–Kier alpha value is -2.05. The first kappa shape index (κ1) is 17.4. The van der Waals surface area contributed by atoms with Crippen molar-refractivity contribution in [1.29, 1.82) is 0 Å². The van der Waals surface area contributed by atoms with Gasteiger partial charge in [0.1, 0.15) is 0 Å². The highest BCUT2D eigenvalue weighted by Crippen LogP contribution is 2.42. The van der Waals surface area contributed by atoms with E-state index in [1.165, 1.54) is 35.5 Å². The second-order valence-electron chi connectivity index (χ2n) is 7.00. The van der Waals surface area contributed by atoms with Crippen LogP contribution in [0, 0.1) is 0 Å². The fourth-order valence-corrected chi connectivity index (χ4v) is 4.68. The van der Waals surface area contributed by atoms with Crippen LogP contribution in [0.4, 0.5) is 0 Å². The molecule has 1 fully saturated rings. The molecule has 0 unspecified atom stereocenters. The molecule has 0 bridgehead atoms. The lowest BCUT2D eigenvalue weighted by Crippen LogP contribution is -2.41. The van der Waals surface area contributed by atoms with Crippen LogP contribution in [0.2, 0.25) is 0 Å². The maximum absolute atomic E-state index is 5.03. The highest BCUT2D eigenvalue weighted by molar-refractivity contribution is 7.18. The predicted octanol–water partition coefficient (Wildman–Crippen LogP) is 4.35. The molecule has 1 aromatic carbocycles. The number of hydrogen-bond donors (Lipinski definition) is 0. The van der Waals surface area contributed by atoms with Crippen molar-refractivity contribution in [2.24, 2.45) is 0 Å². The Morgan fingerprint density at radius 2 is 1.96 bits per heavy atom. The molecule has 3 aromatic rings. The Bertz CT molecular complexity index is 886. The van der Waals surface area contributed by atoms with Gasteiger partial charge in [-0.05, 0) is 50.6 Å². The standard InChI is InChI=1S/C20H24N4OS/c1-4-7-24(2)16-8-14(9-16)19-23-17-6-5-13(10-18(17)26-19)15-11-21-20(25-3)22-12-15/h5-6,10-12,14,16H,4,7-9H2,1-3H3. The molecule has 1 saturated carbocycles. The average Bonchev–Trinajstić information content (AvgIpc) is 3.03. The second kappa shape index (κ2) is 7.29. The van der Waals surface area contributed by atoms with Crippen LogP contribution in [0.5, 0.6) is 6.01 Å². The lowest BCUT2D eigenvalue weighted by Gasteiger charge is -2.40. The summed E-state index contributed by atoms with van der Waals surface area (Å²) < 4.78 is 6.27. The Morgan fingerprint density at radius 3 is 2.65 bits per heavy atom. The minimum atomic E-state index is 0.391. The zero-order valence-electron chi connectivity index (χ0n) is 15.5. The van der Waals surface area contributed by atoms with E-state index in [1.807, 2.05) is 11.3 Å². The van der Waals surface area contributed by atoms with Gasteiger partial charge in [-0.3, -0.25) is 0 Å². The van der Waals surface area contributed by atoms with Gasteiger partial charge in [0.2, 0.25) is 0 Å². The van der Waals surface area contributed by atoms with E-state index >= 15 is 0 Å². The van der Waals surface area contributed by atoms with Gasteiger partial charge in [-0.2, -0.15) is 0 Å². The normalized spacial score (nSPS) is 19.7. The highest BCUT2D eigenvalue weighted by atomic mass is 32.1. The third kappa shape index (κ3) is 3.31. The minimum absolute atomic E-state index is 0.391. The summed E-state index contributed by atoms with van der Waals surface area (Å²) in [5.74, 6) is 0.615. The van der Waals surface area contributed by atoms with Gasteiger partial charge >= 0.3 is 6.01 Å². The van der Waals surface area contributed by atoms with Crippen LogP contribution >= 0.6 is 11.3 Å². The summed E-state index contributed by atoms with van der Waals surface area (Å²) in [5, 5.41) is 1.28. The molecule has 136 valence electrons. The van der Waals surface area contributed by atoms with Crippen molar-refractivity contribution in [3.05, 3.63) is 35.6 Å². The summed E-state index contributed by atoms with van der Waals surface area (Å²) in [6, 6.07) is 7.51. The minimum Gasteiger partial charge on any atom is -0.467 e. The van der Waals surface area contributed by atoms with Crippen molar-refractivity contribution >= 4 is 21.6 Å². The largest absolute Gasteiger partial charge is 0.467 e. The molecule has 0 radical (unpaired) electrons. The number of nitrogens with zero attached hydrogens (tertiary/aromatic N) is 4.